The molecule has 0 bridgehead atoms. The molecule has 2 rings (SSSR count). The molecular formula is C10H12BrN3. The molecule has 0 radical (unpaired) electrons. The SMILES string of the molecule is CN(C)Cc1c[nH]c2nccc(Br)c12. The fourth-order valence-corrected chi connectivity index (χ4v) is 2.11. The maximum atomic E-state index is 4.27. The van der Waals surface area contributed by atoms with Gasteiger partial charge in [0, 0.05) is 28.8 Å². The zero-order valence-corrected chi connectivity index (χ0v) is 9.80. The van der Waals surface area contributed by atoms with Gasteiger partial charge < -0.3 is 9.88 Å². The van der Waals surface area contributed by atoms with Crippen LogP contribution in [-0.2, 0) is 6.54 Å². The number of H-pyrrole nitrogens is 1. The molecule has 0 unspecified atom stereocenters. The minimum absolute atomic E-state index is 0.921. The maximum Gasteiger partial charge on any atom is 0.138 e. The fourth-order valence-electron chi connectivity index (χ4n) is 1.55. The molecule has 0 aliphatic carbocycles. The van der Waals surface area contributed by atoms with E-state index in [2.05, 4.69) is 44.9 Å². The van der Waals surface area contributed by atoms with Crippen molar-refractivity contribution >= 4 is 27.0 Å². The van der Waals surface area contributed by atoms with Gasteiger partial charge in [-0.2, -0.15) is 0 Å². The van der Waals surface area contributed by atoms with E-state index in [0.717, 1.165) is 16.7 Å². The molecule has 14 heavy (non-hydrogen) atoms. The molecule has 0 saturated heterocycles. The Morgan fingerprint density at radius 2 is 2.29 bits per heavy atom. The van der Waals surface area contributed by atoms with Crippen molar-refractivity contribution in [1.82, 2.24) is 14.9 Å². The molecule has 2 aromatic rings. The highest BCUT2D eigenvalue weighted by Crippen LogP contribution is 2.25. The average Bonchev–Trinajstić information content (AvgIpc) is 2.49. The van der Waals surface area contributed by atoms with Crippen molar-refractivity contribution in [2.24, 2.45) is 0 Å². The highest BCUT2D eigenvalue weighted by atomic mass is 79.9. The van der Waals surface area contributed by atoms with E-state index in [1.165, 1.54) is 10.9 Å². The molecule has 4 heteroatoms. The van der Waals surface area contributed by atoms with E-state index in [1.807, 2.05) is 12.3 Å². The van der Waals surface area contributed by atoms with E-state index in [-0.39, 0.29) is 0 Å². The van der Waals surface area contributed by atoms with Gasteiger partial charge in [0.1, 0.15) is 5.65 Å². The Morgan fingerprint density at radius 3 is 3.00 bits per heavy atom. The number of hydrogen-bond donors (Lipinski definition) is 1. The molecule has 1 N–H and O–H groups in total. The van der Waals surface area contributed by atoms with E-state index in [0.29, 0.717) is 0 Å². The van der Waals surface area contributed by atoms with Crippen LogP contribution in [0.3, 0.4) is 0 Å². The van der Waals surface area contributed by atoms with Crippen LogP contribution in [0.5, 0.6) is 0 Å². The van der Waals surface area contributed by atoms with Gasteiger partial charge in [-0.3, -0.25) is 0 Å². The highest BCUT2D eigenvalue weighted by molar-refractivity contribution is 9.10. The topological polar surface area (TPSA) is 31.9 Å². The minimum Gasteiger partial charge on any atom is -0.346 e. The van der Waals surface area contributed by atoms with Crippen LogP contribution in [0, 0.1) is 0 Å². The number of aromatic nitrogens is 2. The molecule has 0 aliphatic rings. The number of rotatable bonds is 2. The fraction of sp³-hybridized carbons (Fsp3) is 0.300. The van der Waals surface area contributed by atoms with E-state index in [1.54, 1.807) is 6.20 Å². The summed E-state index contributed by atoms with van der Waals surface area (Å²) in [5.74, 6) is 0. The molecule has 2 heterocycles. The summed E-state index contributed by atoms with van der Waals surface area (Å²) in [5, 5.41) is 1.18. The summed E-state index contributed by atoms with van der Waals surface area (Å²) < 4.78 is 1.10. The molecule has 0 aliphatic heterocycles. The zero-order chi connectivity index (χ0) is 10.1. The van der Waals surface area contributed by atoms with Gasteiger partial charge in [0.25, 0.3) is 0 Å². The molecule has 0 saturated carbocycles. The quantitative estimate of drug-likeness (QED) is 0.892. The Hall–Kier alpha value is -0.870. The Bertz CT molecular complexity index is 448. The number of nitrogens with zero attached hydrogens (tertiary/aromatic N) is 2. The van der Waals surface area contributed by atoms with Crippen molar-refractivity contribution in [3.63, 3.8) is 0 Å². The first-order valence-corrected chi connectivity index (χ1v) is 5.23. The van der Waals surface area contributed by atoms with E-state index in [4.69, 9.17) is 0 Å². The van der Waals surface area contributed by atoms with Crippen LogP contribution in [0.2, 0.25) is 0 Å². The van der Waals surface area contributed by atoms with Crippen LogP contribution in [0.1, 0.15) is 5.56 Å². The van der Waals surface area contributed by atoms with Gasteiger partial charge in [0.15, 0.2) is 0 Å². The first-order valence-electron chi connectivity index (χ1n) is 4.43. The molecule has 3 nitrogen and oxygen atoms in total. The summed E-state index contributed by atoms with van der Waals surface area (Å²) in [4.78, 5) is 9.57. The molecule has 0 aromatic carbocycles. The Morgan fingerprint density at radius 1 is 1.50 bits per heavy atom. The lowest BCUT2D eigenvalue weighted by Gasteiger charge is -2.08. The van der Waals surface area contributed by atoms with E-state index >= 15 is 0 Å². The largest absolute Gasteiger partial charge is 0.346 e. The second-order valence-electron chi connectivity index (χ2n) is 3.57. The molecular weight excluding hydrogens is 242 g/mol. The number of aromatic amines is 1. The van der Waals surface area contributed by atoms with Crippen molar-refractivity contribution in [1.29, 1.82) is 0 Å². The van der Waals surface area contributed by atoms with Crippen molar-refractivity contribution in [3.05, 3.63) is 28.5 Å². The predicted molar refractivity (Wildman–Crippen MR) is 61.2 cm³/mol. The van der Waals surface area contributed by atoms with Crippen LogP contribution in [0.15, 0.2) is 22.9 Å². The molecule has 0 atom stereocenters. The van der Waals surface area contributed by atoms with Gasteiger partial charge in [-0.05, 0) is 41.7 Å². The summed E-state index contributed by atoms with van der Waals surface area (Å²) in [7, 11) is 4.12. The van der Waals surface area contributed by atoms with Crippen LogP contribution >= 0.6 is 15.9 Å². The van der Waals surface area contributed by atoms with Gasteiger partial charge in [0.05, 0.1) is 0 Å². The summed E-state index contributed by atoms with van der Waals surface area (Å²) >= 11 is 3.54. The lowest BCUT2D eigenvalue weighted by Crippen LogP contribution is -2.10. The maximum absolute atomic E-state index is 4.27. The number of fused-ring (bicyclic) bond motifs is 1. The monoisotopic (exact) mass is 253 g/mol. The van der Waals surface area contributed by atoms with Gasteiger partial charge in [-0.15, -0.1) is 0 Å². The molecule has 2 aromatic heterocycles. The third kappa shape index (κ3) is 1.67. The van der Waals surface area contributed by atoms with Gasteiger partial charge in [-0.25, -0.2) is 4.98 Å². The second kappa shape index (κ2) is 3.71. The second-order valence-corrected chi connectivity index (χ2v) is 4.42. The Labute approximate surface area is 91.3 Å². The van der Waals surface area contributed by atoms with Crippen molar-refractivity contribution in [3.8, 4) is 0 Å². The van der Waals surface area contributed by atoms with Crippen LogP contribution in [0.25, 0.3) is 11.0 Å². The molecule has 0 fully saturated rings. The third-order valence-corrected chi connectivity index (χ3v) is 2.75. The first kappa shape index (κ1) is 9.68. The minimum atomic E-state index is 0.921. The third-order valence-electron chi connectivity index (χ3n) is 2.09. The van der Waals surface area contributed by atoms with E-state index < -0.39 is 0 Å². The molecule has 0 amide bonds. The van der Waals surface area contributed by atoms with Crippen LogP contribution in [0.4, 0.5) is 0 Å². The van der Waals surface area contributed by atoms with Crippen LogP contribution < -0.4 is 0 Å². The number of nitrogens with one attached hydrogen (secondary N) is 1. The normalized spacial score (nSPS) is 11.4. The highest BCUT2D eigenvalue weighted by Gasteiger charge is 2.07. The predicted octanol–water partition coefficient (Wildman–Crippen LogP) is 2.39. The summed E-state index contributed by atoms with van der Waals surface area (Å²) in [6, 6.07) is 1.97. The number of halogens is 1. The van der Waals surface area contributed by atoms with Crippen molar-refractivity contribution < 1.29 is 0 Å². The molecule has 74 valence electrons. The van der Waals surface area contributed by atoms with E-state index in [9.17, 15) is 0 Å². The zero-order valence-electron chi connectivity index (χ0n) is 8.21. The Kier molecular flexibility index (Phi) is 2.56. The number of pyridine rings is 1. The lowest BCUT2D eigenvalue weighted by atomic mass is 10.2. The van der Waals surface area contributed by atoms with Gasteiger partial charge in [-0.1, -0.05) is 0 Å². The molecule has 0 spiro atoms. The Balaban J connectivity index is 2.55. The van der Waals surface area contributed by atoms with Gasteiger partial charge in [0.2, 0.25) is 0 Å². The van der Waals surface area contributed by atoms with Crippen molar-refractivity contribution in [2.75, 3.05) is 14.1 Å². The summed E-state index contributed by atoms with van der Waals surface area (Å²) in [5.41, 5.74) is 2.21. The van der Waals surface area contributed by atoms with Gasteiger partial charge >= 0.3 is 0 Å². The first-order chi connectivity index (χ1) is 6.68. The lowest BCUT2D eigenvalue weighted by molar-refractivity contribution is 0.404. The summed E-state index contributed by atoms with van der Waals surface area (Å²) in [6.07, 6.45) is 3.81. The standard InChI is InChI=1S/C10H12BrN3/c1-14(2)6-7-5-13-10-9(7)8(11)3-4-12-10/h3-5H,6H2,1-2H3,(H,12,13). The van der Waals surface area contributed by atoms with Crippen LogP contribution in [-0.4, -0.2) is 29.0 Å². The number of hydrogen-bond acceptors (Lipinski definition) is 2. The average molecular weight is 254 g/mol. The smallest absolute Gasteiger partial charge is 0.138 e. The summed E-state index contributed by atoms with van der Waals surface area (Å²) in [6.45, 7) is 0.921. The van der Waals surface area contributed by atoms with Crippen molar-refractivity contribution in [2.45, 2.75) is 6.54 Å².